The molecule has 154 valence electrons. The van der Waals surface area contributed by atoms with Crippen LogP contribution in [0.2, 0.25) is 0 Å². The number of rotatable bonds is 8. The number of nitrogens with two attached hydrogens (primary N) is 1. The molecule has 0 saturated carbocycles. The average Bonchev–Trinajstić information content (AvgIpc) is 3.22. The van der Waals surface area contributed by atoms with Gasteiger partial charge in [0.05, 0.1) is 20.8 Å². The van der Waals surface area contributed by atoms with Crippen LogP contribution in [-0.4, -0.2) is 35.3 Å². The minimum atomic E-state index is -0.0714. The van der Waals surface area contributed by atoms with Gasteiger partial charge in [-0.3, -0.25) is 9.89 Å². The molecule has 0 atom stereocenters. The fourth-order valence-corrected chi connectivity index (χ4v) is 2.71. The summed E-state index contributed by atoms with van der Waals surface area (Å²) >= 11 is 0. The topological polar surface area (TPSA) is 115 Å². The van der Waals surface area contributed by atoms with Gasteiger partial charge < -0.3 is 20.5 Å². The van der Waals surface area contributed by atoms with Gasteiger partial charge in [-0.25, -0.2) is 4.98 Å². The average molecular weight is 418 g/mol. The van der Waals surface area contributed by atoms with Crippen LogP contribution in [0.1, 0.15) is 17.8 Å². The van der Waals surface area contributed by atoms with Crippen molar-refractivity contribution in [2.75, 3.05) is 19.5 Å². The molecule has 0 aliphatic rings. The van der Waals surface area contributed by atoms with Crippen molar-refractivity contribution in [2.24, 2.45) is 5.73 Å². The lowest BCUT2D eigenvalue weighted by Crippen LogP contribution is -2.12. The summed E-state index contributed by atoms with van der Waals surface area (Å²) in [4.78, 5) is 16.6. The molecule has 2 aromatic carbocycles. The smallest absolute Gasteiger partial charge is 0.224 e. The van der Waals surface area contributed by atoms with Crippen LogP contribution in [0.5, 0.6) is 11.5 Å². The number of nitrogens with one attached hydrogen (secondary N) is 2. The van der Waals surface area contributed by atoms with Gasteiger partial charge in [0, 0.05) is 23.7 Å². The molecule has 0 aliphatic carbocycles. The molecular weight excluding hydrogens is 394 g/mol. The maximum Gasteiger partial charge on any atom is 0.224 e. The number of methoxy groups -OCH3 is 2. The van der Waals surface area contributed by atoms with Crippen molar-refractivity contribution in [3.8, 4) is 22.9 Å². The molecule has 1 amide bonds. The number of anilines is 1. The predicted molar refractivity (Wildman–Crippen MR) is 113 cm³/mol. The van der Waals surface area contributed by atoms with Crippen LogP contribution in [0.25, 0.3) is 11.4 Å². The summed E-state index contributed by atoms with van der Waals surface area (Å²) in [7, 11) is 3.20. The molecule has 0 radical (unpaired) electrons. The fraction of sp³-hybridized carbons (Fsp3) is 0.250. The molecule has 0 unspecified atom stereocenters. The van der Waals surface area contributed by atoms with Gasteiger partial charge in [-0.15, -0.1) is 12.4 Å². The van der Waals surface area contributed by atoms with Gasteiger partial charge in [-0.2, -0.15) is 5.10 Å². The van der Waals surface area contributed by atoms with Crippen molar-refractivity contribution in [1.29, 1.82) is 0 Å². The normalized spacial score (nSPS) is 10.2. The van der Waals surface area contributed by atoms with Crippen molar-refractivity contribution in [2.45, 2.75) is 19.4 Å². The Bertz CT molecular complexity index is 921. The quantitative estimate of drug-likeness (QED) is 0.519. The lowest BCUT2D eigenvalue weighted by Gasteiger charge is -2.09. The highest BCUT2D eigenvalue weighted by molar-refractivity contribution is 5.91. The second-order valence-corrected chi connectivity index (χ2v) is 6.16. The zero-order valence-electron chi connectivity index (χ0n) is 16.3. The first-order valence-corrected chi connectivity index (χ1v) is 8.85. The summed E-state index contributed by atoms with van der Waals surface area (Å²) in [6.07, 6.45) is 0.926. The first kappa shape index (κ1) is 22.2. The molecule has 3 aromatic rings. The summed E-state index contributed by atoms with van der Waals surface area (Å²) in [6, 6.07) is 12.9. The third-order valence-electron chi connectivity index (χ3n) is 4.20. The van der Waals surface area contributed by atoms with E-state index in [2.05, 4.69) is 20.5 Å². The molecule has 0 spiro atoms. The first-order chi connectivity index (χ1) is 13.6. The van der Waals surface area contributed by atoms with E-state index >= 15 is 0 Å². The van der Waals surface area contributed by atoms with Crippen molar-refractivity contribution < 1.29 is 14.3 Å². The summed E-state index contributed by atoms with van der Waals surface area (Å²) in [6.45, 7) is 0.306. The van der Waals surface area contributed by atoms with Crippen LogP contribution in [0.15, 0.2) is 42.5 Å². The van der Waals surface area contributed by atoms with Gasteiger partial charge in [-0.1, -0.05) is 0 Å². The number of halogens is 1. The number of amides is 1. The third kappa shape index (κ3) is 5.94. The molecular formula is C20H24ClN5O3. The van der Waals surface area contributed by atoms with Crippen LogP contribution >= 0.6 is 12.4 Å². The number of H-pyrrole nitrogens is 1. The highest BCUT2D eigenvalue weighted by atomic mass is 35.5. The Hall–Kier alpha value is -3.10. The summed E-state index contributed by atoms with van der Waals surface area (Å²) in [5.74, 6) is 2.54. The number of carbonyl (C=O) groups excluding carboxylic acids is 1. The van der Waals surface area contributed by atoms with E-state index < -0.39 is 0 Å². The van der Waals surface area contributed by atoms with E-state index in [-0.39, 0.29) is 18.3 Å². The molecule has 0 aliphatic heterocycles. The number of aromatic nitrogens is 3. The fourth-order valence-electron chi connectivity index (χ4n) is 2.71. The van der Waals surface area contributed by atoms with Crippen LogP contribution < -0.4 is 20.5 Å². The highest BCUT2D eigenvalue weighted by Gasteiger charge is 2.08. The molecule has 1 aromatic heterocycles. The van der Waals surface area contributed by atoms with Gasteiger partial charge in [0.15, 0.2) is 5.82 Å². The number of nitrogens with zero attached hydrogens (tertiary/aromatic N) is 2. The zero-order valence-corrected chi connectivity index (χ0v) is 17.1. The Morgan fingerprint density at radius 3 is 2.31 bits per heavy atom. The Labute approximate surface area is 175 Å². The molecule has 1 heterocycles. The second-order valence-electron chi connectivity index (χ2n) is 6.16. The lowest BCUT2D eigenvalue weighted by molar-refractivity contribution is -0.116. The van der Waals surface area contributed by atoms with Crippen molar-refractivity contribution in [3.63, 3.8) is 0 Å². The van der Waals surface area contributed by atoms with Gasteiger partial charge in [-0.05, 0) is 48.4 Å². The van der Waals surface area contributed by atoms with Crippen molar-refractivity contribution in [1.82, 2.24) is 15.2 Å². The molecule has 3 rings (SSSR count). The number of hydrogen-bond donors (Lipinski definition) is 3. The number of ether oxygens (including phenoxy) is 2. The first-order valence-electron chi connectivity index (χ1n) is 8.85. The van der Waals surface area contributed by atoms with E-state index in [1.54, 1.807) is 20.3 Å². The van der Waals surface area contributed by atoms with Crippen molar-refractivity contribution >= 4 is 24.0 Å². The van der Waals surface area contributed by atoms with E-state index in [0.29, 0.717) is 48.2 Å². The molecule has 9 heteroatoms. The highest BCUT2D eigenvalue weighted by Crippen LogP contribution is 2.23. The molecule has 4 N–H and O–H groups in total. The van der Waals surface area contributed by atoms with Gasteiger partial charge in [0.25, 0.3) is 0 Å². The summed E-state index contributed by atoms with van der Waals surface area (Å²) in [5, 5.41) is 9.79. The monoisotopic (exact) mass is 417 g/mol. The minimum absolute atomic E-state index is 0. The number of aromatic amines is 1. The number of benzene rings is 2. The third-order valence-corrected chi connectivity index (χ3v) is 4.20. The summed E-state index contributed by atoms with van der Waals surface area (Å²) in [5.41, 5.74) is 8.06. The van der Waals surface area contributed by atoms with Crippen LogP contribution in [0, 0.1) is 0 Å². The number of aryl methyl sites for hydroxylation is 1. The van der Waals surface area contributed by atoms with E-state index in [9.17, 15) is 4.79 Å². The second kappa shape index (κ2) is 10.4. The maximum absolute atomic E-state index is 12.3. The van der Waals surface area contributed by atoms with Crippen LogP contribution in [0.4, 0.5) is 5.69 Å². The molecule has 0 saturated heterocycles. The minimum Gasteiger partial charge on any atom is -0.497 e. The predicted octanol–water partition coefficient (Wildman–Crippen LogP) is 2.94. The standard InChI is InChI=1S/C20H23N5O3.ClH/c1-27-16-9-13(10-17(11-16)28-2)3-8-19(26)22-15-6-4-14(5-7-15)20-23-18(12-21)24-25-20;/h4-7,9-11H,3,8,12,21H2,1-2H3,(H,22,26)(H,23,24,25);1H. The zero-order chi connectivity index (χ0) is 19.9. The largest absolute Gasteiger partial charge is 0.497 e. The van der Waals surface area contributed by atoms with E-state index in [1.165, 1.54) is 0 Å². The maximum atomic E-state index is 12.3. The SMILES string of the molecule is COc1cc(CCC(=O)Nc2ccc(-c3n[nH]c(CN)n3)cc2)cc(OC)c1.Cl. The lowest BCUT2D eigenvalue weighted by atomic mass is 10.1. The Balaban J connectivity index is 0.00000300. The molecule has 0 fully saturated rings. The molecule has 8 nitrogen and oxygen atoms in total. The van der Waals surface area contributed by atoms with Gasteiger partial charge >= 0.3 is 0 Å². The summed E-state index contributed by atoms with van der Waals surface area (Å²) < 4.78 is 10.5. The van der Waals surface area contributed by atoms with E-state index in [4.69, 9.17) is 15.2 Å². The number of hydrogen-bond acceptors (Lipinski definition) is 6. The van der Waals surface area contributed by atoms with E-state index in [0.717, 1.165) is 11.1 Å². The van der Waals surface area contributed by atoms with Crippen molar-refractivity contribution in [3.05, 3.63) is 53.9 Å². The molecule has 0 bridgehead atoms. The number of carbonyl (C=O) groups is 1. The Morgan fingerprint density at radius 1 is 1.10 bits per heavy atom. The van der Waals surface area contributed by atoms with E-state index in [1.807, 2.05) is 36.4 Å². The van der Waals surface area contributed by atoms with Crippen LogP contribution in [-0.2, 0) is 17.8 Å². The Kier molecular flexibility index (Phi) is 7.99. The van der Waals surface area contributed by atoms with Gasteiger partial charge in [0.1, 0.15) is 17.3 Å². The molecule has 29 heavy (non-hydrogen) atoms. The van der Waals surface area contributed by atoms with Gasteiger partial charge in [0.2, 0.25) is 5.91 Å². The van der Waals surface area contributed by atoms with Crippen LogP contribution in [0.3, 0.4) is 0 Å². The Morgan fingerprint density at radius 2 is 1.76 bits per heavy atom.